The van der Waals surface area contributed by atoms with E-state index in [1.54, 1.807) is 12.3 Å². The molecule has 0 amide bonds. The monoisotopic (exact) mass is 286 g/mol. The fourth-order valence-electron chi connectivity index (χ4n) is 2.72. The van der Waals surface area contributed by atoms with E-state index in [1.807, 2.05) is 0 Å². The zero-order chi connectivity index (χ0) is 13.0. The molecule has 0 radical (unpaired) electrons. The molecule has 4 heteroatoms. The molecule has 0 unspecified atom stereocenters. The first-order chi connectivity index (χ1) is 8.69. The Kier molecular flexibility index (Phi) is 5.13. The molecule has 1 fully saturated rings. The lowest BCUT2D eigenvalue weighted by Gasteiger charge is -2.29. The van der Waals surface area contributed by atoms with E-state index in [4.69, 9.17) is 23.2 Å². The summed E-state index contributed by atoms with van der Waals surface area (Å²) in [4.78, 5) is 4.25. The third-order valence-electron chi connectivity index (χ3n) is 3.69. The molecule has 2 rings (SSSR count). The lowest BCUT2D eigenvalue weighted by molar-refractivity contribution is 0.318. The van der Waals surface area contributed by atoms with Crippen molar-refractivity contribution in [2.75, 3.05) is 5.32 Å². The smallest absolute Gasteiger partial charge is 0.145 e. The molecule has 0 bridgehead atoms. The van der Waals surface area contributed by atoms with Crippen molar-refractivity contribution in [2.45, 2.75) is 51.5 Å². The van der Waals surface area contributed by atoms with E-state index in [0.29, 0.717) is 16.1 Å². The van der Waals surface area contributed by atoms with Crippen LogP contribution in [0.25, 0.3) is 0 Å². The third kappa shape index (κ3) is 3.76. The van der Waals surface area contributed by atoms with Gasteiger partial charge in [-0.1, -0.05) is 43.0 Å². The van der Waals surface area contributed by atoms with E-state index < -0.39 is 0 Å². The number of nitrogens with zero attached hydrogens (tertiary/aromatic N) is 1. The quantitative estimate of drug-likeness (QED) is 0.827. The molecule has 1 aliphatic carbocycles. The third-order valence-corrected chi connectivity index (χ3v) is 4.19. The molecular formula is C14H20Cl2N2. The molecule has 0 atom stereocenters. The molecule has 1 heterocycles. The van der Waals surface area contributed by atoms with E-state index in [2.05, 4.69) is 17.2 Å². The first-order valence-electron chi connectivity index (χ1n) is 6.76. The van der Waals surface area contributed by atoms with Gasteiger partial charge < -0.3 is 5.32 Å². The first kappa shape index (κ1) is 14.0. The lowest BCUT2D eigenvalue weighted by Crippen LogP contribution is -2.26. The Morgan fingerprint density at radius 3 is 2.61 bits per heavy atom. The second-order valence-electron chi connectivity index (χ2n) is 5.13. The van der Waals surface area contributed by atoms with Gasteiger partial charge in [-0.25, -0.2) is 4.98 Å². The van der Waals surface area contributed by atoms with Crippen molar-refractivity contribution in [2.24, 2.45) is 5.92 Å². The molecule has 100 valence electrons. The maximum absolute atomic E-state index is 6.12. The van der Waals surface area contributed by atoms with Crippen LogP contribution < -0.4 is 5.32 Å². The summed E-state index contributed by atoms with van der Waals surface area (Å²) in [6, 6.07) is 2.24. The van der Waals surface area contributed by atoms with Crippen LogP contribution in [0.4, 0.5) is 5.82 Å². The summed E-state index contributed by atoms with van der Waals surface area (Å²) in [5, 5.41) is 4.63. The fourth-order valence-corrected chi connectivity index (χ4v) is 3.15. The second-order valence-corrected chi connectivity index (χ2v) is 5.98. The Bertz CT molecular complexity index is 387. The number of hydrogen-bond donors (Lipinski definition) is 1. The first-order valence-corrected chi connectivity index (χ1v) is 7.52. The standard InChI is InChI=1S/C14H20Cl2N2/c1-2-3-10-4-6-12(7-5-10)18-14-13(16)8-11(15)9-17-14/h8-10,12H,2-7H2,1H3,(H,17,18). The largest absolute Gasteiger partial charge is 0.366 e. The number of hydrogen-bond acceptors (Lipinski definition) is 2. The van der Waals surface area contributed by atoms with Gasteiger partial charge in [-0.3, -0.25) is 0 Å². The number of pyridine rings is 1. The normalized spacial score (nSPS) is 23.9. The van der Waals surface area contributed by atoms with Gasteiger partial charge >= 0.3 is 0 Å². The van der Waals surface area contributed by atoms with Crippen molar-refractivity contribution in [3.05, 3.63) is 22.3 Å². The number of halogens is 2. The highest BCUT2D eigenvalue weighted by Crippen LogP contribution is 2.31. The highest BCUT2D eigenvalue weighted by atomic mass is 35.5. The minimum absolute atomic E-state index is 0.504. The van der Waals surface area contributed by atoms with Gasteiger partial charge in [0.2, 0.25) is 0 Å². The van der Waals surface area contributed by atoms with Crippen molar-refractivity contribution in [1.82, 2.24) is 4.98 Å². The molecule has 0 aliphatic heterocycles. The van der Waals surface area contributed by atoms with Crippen LogP contribution in [0, 0.1) is 5.92 Å². The van der Waals surface area contributed by atoms with Crippen molar-refractivity contribution in [3.8, 4) is 0 Å². The molecule has 1 aliphatic rings. The highest BCUT2D eigenvalue weighted by molar-refractivity contribution is 6.35. The SMILES string of the molecule is CCCC1CCC(Nc2ncc(Cl)cc2Cl)CC1. The Balaban J connectivity index is 1.87. The van der Waals surface area contributed by atoms with Crippen LogP contribution in [0.1, 0.15) is 45.4 Å². The summed E-state index contributed by atoms with van der Waals surface area (Å²) in [5.41, 5.74) is 0. The maximum atomic E-state index is 6.12. The van der Waals surface area contributed by atoms with E-state index in [-0.39, 0.29) is 0 Å². The molecule has 2 nitrogen and oxygen atoms in total. The average molecular weight is 287 g/mol. The van der Waals surface area contributed by atoms with Gasteiger partial charge in [0, 0.05) is 12.2 Å². The van der Waals surface area contributed by atoms with Gasteiger partial charge in [-0.15, -0.1) is 0 Å². The predicted molar refractivity (Wildman–Crippen MR) is 78.5 cm³/mol. The van der Waals surface area contributed by atoms with Gasteiger partial charge in [-0.05, 0) is 37.7 Å². The number of anilines is 1. The summed E-state index contributed by atoms with van der Waals surface area (Å²) in [5.74, 6) is 1.68. The molecule has 0 aromatic carbocycles. The van der Waals surface area contributed by atoms with Crippen LogP contribution in [-0.4, -0.2) is 11.0 Å². The average Bonchev–Trinajstić information content (AvgIpc) is 2.35. The summed E-state index contributed by atoms with van der Waals surface area (Å²) in [6.07, 6.45) is 9.36. The van der Waals surface area contributed by atoms with Gasteiger partial charge in [0.05, 0.1) is 10.0 Å². The van der Waals surface area contributed by atoms with Crippen molar-refractivity contribution in [3.63, 3.8) is 0 Å². The Morgan fingerprint density at radius 1 is 1.28 bits per heavy atom. The molecule has 1 aromatic rings. The Hall–Kier alpha value is -0.470. The van der Waals surface area contributed by atoms with Crippen molar-refractivity contribution in [1.29, 1.82) is 0 Å². The summed E-state index contributed by atoms with van der Waals surface area (Å²) in [6.45, 7) is 2.27. The van der Waals surface area contributed by atoms with Crippen LogP contribution in [0.2, 0.25) is 10.0 Å². The number of rotatable bonds is 4. The van der Waals surface area contributed by atoms with Gasteiger partial charge in [-0.2, -0.15) is 0 Å². The van der Waals surface area contributed by atoms with E-state index in [0.717, 1.165) is 11.7 Å². The van der Waals surface area contributed by atoms with Crippen LogP contribution in [0.5, 0.6) is 0 Å². The molecule has 1 saturated carbocycles. The zero-order valence-corrected chi connectivity index (χ0v) is 12.3. The van der Waals surface area contributed by atoms with Crippen LogP contribution in [0.3, 0.4) is 0 Å². The minimum Gasteiger partial charge on any atom is -0.366 e. The fraction of sp³-hybridized carbons (Fsp3) is 0.643. The van der Waals surface area contributed by atoms with E-state index in [1.165, 1.54) is 38.5 Å². The molecule has 1 aromatic heterocycles. The number of nitrogens with one attached hydrogen (secondary N) is 1. The topological polar surface area (TPSA) is 24.9 Å². The predicted octanol–water partition coefficient (Wildman–Crippen LogP) is 5.16. The second kappa shape index (κ2) is 6.63. The summed E-state index contributed by atoms with van der Waals surface area (Å²) < 4.78 is 0. The van der Waals surface area contributed by atoms with Crippen LogP contribution in [0.15, 0.2) is 12.3 Å². The lowest BCUT2D eigenvalue weighted by atomic mass is 9.83. The molecule has 0 spiro atoms. The van der Waals surface area contributed by atoms with Crippen molar-refractivity contribution >= 4 is 29.0 Å². The zero-order valence-electron chi connectivity index (χ0n) is 10.8. The maximum Gasteiger partial charge on any atom is 0.145 e. The molecular weight excluding hydrogens is 267 g/mol. The van der Waals surface area contributed by atoms with E-state index >= 15 is 0 Å². The molecule has 18 heavy (non-hydrogen) atoms. The number of aromatic nitrogens is 1. The Morgan fingerprint density at radius 2 is 2.00 bits per heavy atom. The molecule has 1 N–H and O–H groups in total. The van der Waals surface area contributed by atoms with Gasteiger partial charge in [0.15, 0.2) is 0 Å². The summed E-state index contributed by atoms with van der Waals surface area (Å²) >= 11 is 12.0. The van der Waals surface area contributed by atoms with Crippen molar-refractivity contribution < 1.29 is 0 Å². The van der Waals surface area contributed by atoms with Crippen LogP contribution >= 0.6 is 23.2 Å². The van der Waals surface area contributed by atoms with Crippen LogP contribution in [-0.2, 0) is 0 Å². The minimum atomic E-state index is 0.504. The Labute approximate surface area is 119 Å². The van der Waals surface area contributed by atoms with Gasteiger partial charge in [0.1, 0.15) is 5.82 Å². The highest BCUT2D eigenvalue weighted by Gasteiger charge is 2.21. The van der Waals surface area contributed by atoms with Gasteiger partial charge in [0.25, 0.3) is 0 Å². The molecule has 0 saturated heterocycles. The van der Waals surface area contributed by atoms with E-state index in [9.17, 15) is 0 Å². The summed E-state index contributed by atoms with van der Waals surface area (Å²) in [7, 11) is 0.